The molecule has 2 aromatic heterocycles. The summed E-state index contributed by atoms with van der Waals surface area (Å²) in [6, 6.07) is 5.16. The van der Waals surface area contributed by atoms with Crippen LogP contribution in [0.4, 0.5) is 0 Å². The molecule has 0 atom stereocenters. The molecular weight excluding hydrogens is 352 g/mol. The molecule has 0 unspecified atom stereocenters. The van der Waals surface area contributed by atoms with E-state index in [9.17, 15) is 13.2 Å². The third-order valence-corrected chi connectivity index (χ3v) is 6.86. The van der Waals surface area contributed by atoms with Gasteiger partial charge in [0.1, 0.15) is 10.7 Å². The van der Waals surface area contributed by atoms with Crippen molar-refractivity contribution in [3.63, 3.8) is 0 Å². The highest BCUT2D eigenvalue weighted by Gasteiger charge is 2.32. The number of furan rings is 1. The van der Waals surface area contributed by atoms with Gasteiger partial charge in [-0.05, 0) is 18.4 Å². The van der Waals surface area contributed by atoms with E-state index < -0.39 is 16.0 Å². The van der Waals surface area contributed by atoms with E-state index in [-0.39, 0.29) is 16.4 Å². The van der Waals surface area contributed by atoms with E-state index in [2.05, 4.69) is 11.0 Å². The number of thiophene rings is 1. The highest BCUT2D eigenvalue weighted by Crippen LogP contribution is 2.25. The Morgan fingerprint density at radius 1 is 1.33 bits per heavy atom. The standard InChI is InChI=1S/C15H18N2O5S2/c1-11-14(9-13(22-11)15(18)19)24(20,21)17-6-4-16(5-7-17)10-12-3-2-8-23-12/h2-3,8-9H,4-7,10H2,1H3,(H,18,19). The van der Waals surface area contributed by atoms with Crippen LogP contribution in [0, 0.1) is 6.92 Å². The number of aryl methyl sites for hydroxylation is 1. The molecule has 0 amide bonds. The van der Waals surface area contributed by atoms with E-state index in [1.54, 1.807) is 11.3 Å². The zero-order valence-corrected chi connectivity index (χ0v) is 14.8. The molecule has 0 aliphatic carbocycles. The summed E-state index contributed by atoms with van der Waals surface area (Å²) in [5.74, 6) is -1.53. The molecule has 0 spiro atoms. The number of hydrogen-bond donors (Lipinski definition) is 1. The first-order valence-corrected chi connectivity index (χ1v) is 9.78. The first-order valence-electron chi connectivity index (χ1n) is 7.46. The maximum absolute atomic E-state index is 12.7. The minimum atomic E-state index is -3.74. The zero-order chi connectivity index (χ0) is 17.3. The maximum atomic E-state index is 12.7. The number of aromatic carboxylic acids is 1. The number of carbonyl (C=O) groups is 1. The third kappa shape index (κ3) is 3.39. The SMILES string of the molecule is Cc1oc(C(=O)O)cc1S(=O)(=O)N1CCN(Cc2cccs2)CC1. The lowest BCUT2D eigenvalue weighted by molar-refractivity contribution is 0.0661. The molecular formula is C15H18N2O5S2. The van der Waals surface area contributed by atoms with Gasteiger partial charge in [-0.2, -0.15) is 4.31 Å². The van der Waals surface area contributed by atoms with Crippen molar-refractivity contribution in [3.8, 4) is 0 Å². The van der Waals surface area contributed by atoms with Crippen LogP contribution in [0.5, 0.6) is 0 Å². The van der Waals surface area contributed by atoms with Crippen LogP contribution >= 0.6 is 11.3 Å². The lowest BCUT2D eigenvalue weighted by atomic mass is 10.3. The van der Waals surface area contributed by atoms with Gasteiger partial charge in [0, 0.05) is 43.7 Å². The monoisotopic (exact) mass is 370 g/mol. The maximum Gasteiger partial charge on any atom is 0.371 e. The number of carboxylic acids is 1. The quantitative estimate of drug-likeness (QED) is 0.864. The number of rotatable bonds is 5. The topological polar surface area (TPSA) is 91.1 Å². The van der Waals surface area contributed by atoms with Gasteiger partial charge in [-0.3, -0.25) is 4.90 Å². The normalized spacial score (nSPS) is 17.2. The molecule has 2 aromatic rings. The van der Waals surface area contributed by atoms with Crippen molar-refractivity contribution >= 4 is 27.3 Å². The van der Waals surface area contributed by atoms with E-state index in [1.807, 2.05) is 11.4 Å². The van der Waals surface area contributed by atoms with Crippen LogP contribution in [0.2, 0.25) is 0 Å². The summed E-state index contributed by atoms with van der Waals surface area (Å²) in [6.07, 6.45) is 0. The molecule has 0 aromatic carbocycles. The van der Waals surface area contributed by atoms with Gasteiger partial charge in [0.05, 0.1) is 0 Å². The second kappa shape index (κ2) is 6.67. The third-order valence-electron chi connectivity index (χ3n) is 3.99. The van der Waals surface area contributed by atoms with E-state index in [1.165, 1.54) is 16.1 Å². The van der Waals surface area contributed by atoms with Crippen molar-refractivity contribution in [2.24, 2.45) is 0 Å². The average molecular weight is 370 g/mol. The predicted molar refractivity (Wildman–Crippen MR) is 88.8 cm³/mol. The lowest BCUT2D eigenvalue weighted by Crippen LogP contribution is -2.48. The van der Waals surface area contributed by atoms with Crippen molar-refractivity contribution in [3.05, 3.63) is 40.0 Å². The number of sulfonamides is 1. The van der Waals surface area contributed by atoms with Gasteiger partial charge in [0.2, 0.25) is 15.8 Å². The van der Waals surface area contributed by atoms with Crippen molar-refractivity contribution in [2.75, 3.05) is 26.2 Å². The lowest BCUT2D eigenvalue weighted by Gasteiger charge is -2.33. The van der Waals surface area contributed by atoms with Crippen LogP contribution in [-0.2, 0) is 16.6 Å². The molecule has 7 nitrogen and oxygen atoms in total. The Morgan fingerprint density at radius 2 is 2.04 bits per heavy atom. The largest absolute Gasteiger partial charge is 0.475 e. The molecule has 0 saturated carbocycles. The summed E-state index contributed by atoms with van der Waals surface area (Å²) in [4.78, 5) is 14.4. The van der Waals surface area contributed by atoms with Crippen molar-refractivity contribution in [1.82, 2.24) is 9.21 Å². The van der Waals surface area contributed by atoms with Crippen molar-refractivity contribution < 1.29 is 22.7 Å². The van der Waals surface area contributed by atoms with E-state index in [0.717, 1.165) is 12.6 Å². The second-order valence-electron chi connectivity index (χ2n) is 5.60. The molecule has 3 heterocycles. The van der Waals surface area contributed by atoms with Gasteiger partial charge in [-0.25, -0.2) is 13.2 Å². The highest BCUT2D eigenvalue weighted by molar-refractivity contribution is 7.89. The Bertz CT molecular complexity index is 818. The Kier molecular flexibility index (Phi) is 4.77. The smallest absolute Gasteiger partial charge is 0.371 e. The molecule has 3 rings (SSSR count). The summed E-state index contributed by atoms with van der Waals surface area (Å²) in [6.45, 7) is 4.31. The Hall–Kier alpha value is -1.68. The van der Waals surface area contributed by atoms with Crippen LogP contribution in [0.15, 0.2) is 32.9 Å². The average Bonchev–Trinajstić information content (AvgIpc) is 3.17. The summed E-state index contributed by atoms with van der Waals surface area (Å²) in [5, 5.41) is 11.0. The van der Waals surface area contributed by atoms with Gasteiger partial charge < -0.3 is 9.52 Å². The van der Waals surface area contributed by atoms with Crippen molar-refractivity contribution in [1.29, 1.82) is 0 Å². The molecule has 1 aliphatic heterocycles. The minimum Gasteiger partial charge on any atom is -0.475 e. The Balaban J connectivity index is 1.69. The molecule has 0 bridgehead atoms. The molecule has 1 aliphatic rings. The second-order valence-corrected chi connectivity index (χ2v) is 8.53. The molecule has 1 fully saturated rings. The first kappa shape index (κ1) is 17.2. The number of hydrogen-bond acceptors (Lipinski definition) is 6. The molecule has 24 heavy (non-hydrogen) atoms. The molecule has 1 N–H and O–H groups in total. The molecule has 0 radical (unpaired) electrons. The van der Waals surface area contributed by atoms with Crippen LogP contribution < -0.4 is 0 Å². The fourth-order valence-electron chi connectivity index (χ4n) is 2.72. The molecule has 1 saturated heterocycles. The molecule has 9 heteroatoms. The summed E-state index contributed by atoms with van der Waals surface area (Å²) < 4.78 is 31.9. The summed E-state index contributed by atoms with van der Waals surface area (Å²) in [5.41, 5.74) is 0. The highest BCUT2D eigenvalue weighted by atomic mass is 32.2. The Labute approximate surface area is 144 Å². The fraction of sp³-hybridized carbons (Fsp3) is 0.400. The predicted octanol–water partition coefficient (Wildman–Crippen LogP) is 1.85. The van der Waals surface area contributed by atoms with E-state index in [4.69, 9.17) is 9.52 Å². The van der Waals surface area contributed by atoms with Gasteiger partial charge in [-0.1, -0.05) is 6.07 Å². The van der Waals surface area contributed by atoms with Crippen LogP contribution in [-0.4, -0.2) is 54.9 Å². The Morgan fingerprint density at radius 3 is 2.58 bits per heavy atom. The van der Waals surface area contributed by atoms with Crippen LogP contribution in [0.25, 0.3) is 0 Å². The number of nitrogens with zero attached hydrogens (tertiary/aromatic N) is 2. The zero-order valence-electron chi connectivity index (χ0n) is 13.1. The summed E-state index contributed by atoms with van der Waals surface area (Å²) >= 11 is 1.69. The number of carboxylic acid groups (broad SMARTS) is 1. The van der Waals surface area contributed by atoms with E-state index in [0.29, 0.717) is 26.2 Å². The fourth-order valence-corrected chi connectivity index (χ4v) is 5.05. The minimum absolute atomic E-state index is 0.0633. The van der Waals surface area contributed by atoms with Crippen LogP contribution in [0.3, 0.4) is 0 Å². The van der Waals surface area contributed by atoms with Gasteiger partial charge in [-0.15, -0.1) is 11.3 Å². The number of piperazine rings is 1. The van der Waals surface area contributed by atoms with Gasteiger partial charge in [0.15, 0.2) is 0 Å². The van der Waals surface area contributed by atoms with Gasteiger partial charge >= 0.3 is 5.97 Å². The first-order chi connectivity index (χ1) is 11.4. The van der Waals surface area contributed by atoms with E-state index >= 15 is 0 Å². The summed E-state index contributed by atoms with van der Waals surface area (Å²) in [7, 11) is -3.74. The van der Waals surface area contributed by atoms with Crippen molar-refractivity contribution in [2.45, 2.75) is 18.4 Å². The van der Waals surface area contributed by atoms with Crippen LogP contribution in [0.1, 0.15) is 21.2 Å². The van der Waals surface area contributed by atoms with Gasteiger partial charge in [0.25, 0.3) is 0 Å². The molecule has 130 valence electrons.